The molecule has 0 saturated heterocycles. The molecular formula is C13H7ClF2O. The molecule has 0 heterocycles. The Morgan fingerprint density at radius 3 is 2.18 bits per heavy atom. The summed E-state index contributed by atoms with van der Waals surface area (Å²) in [4.78, 5) is 10.5. The average Bonchev–Trinajstić information content (AvgIpc) is 2.27. The summed E-state index contributed by atoms with van der Waals surface area (Å²) in [5, 5.41) is 0.277. The van der Waals surface area contributed by atoms with E-state index in [1.54, 1.807) is 6.07 Å². The molecule has 0 aromatic heterocycles. The van der Waals surface area contributed by atoms with Crippen LogP contribution in [0.3, 0.4) is 0 Å². The van der Waals surface area contributed by atoms with Crippen molar-refractivity contribution in [3.8, 4) is 11.1 Å². The molecule has 0 aliphatic heterocycles. The molecule has 0 saturated carbocycles. The predicted octanol–water partition coefficient (Wildman–Crippen LogP) is 4.10. The maximum atomic E-state index is 13.1. The van der Waals surface area contributed by atoms with Gasteiger partial charge in [-0.1, -0.05) is 23.7 Å². The smallest absolute Gasteiger partial charge is 0.150 e. The first-order valence-electron chi connectivity index (χ1n) is 4.81. The fourth-order valence-corrected chi connectivity index (χ4v) is 1.85. The summed E-state index contributed by atoms with van der Waals surface area (Å²) in [5.41, 5.74) is 1.23. The summed E-state index contributed by atoms with van der Waals surface area (Å²) in [5.74, 6) is -1.34. The van der Waals surface area contributed by atoms with Crippen LogP contribution in [0.2, 0.25) is 5.02 Å². The van der Waals surface area contributed by atoms with Crippen LogP contribution >= 0.6 is 11.6 Å². The number of rotatable bonds is 2. The van der Waals surface area contributed by atoms with Crippen LogP contribution in [-0.4, -0.2) is 6.29 Å². The largest absolute Gasteiger partial charge is 0.298 e. The van der Waals surface area contributed by atoms with E-state index in [1.165, 1.54) is 24.3 Å². The van der Waals surface area contributed by atoms with Crippen LogP contribution in [0.5, 0.6) is 0 Å². The van der Waals surface area contributed by atoms with Crippen molar-refractivity contribution in [2.75, 3.05) is 0 Å². The summed E-state index contributed by atoms with van der Waals surface area (Å²) in [6.45, 7) is 0. The van der Waals surface area contributed by atoms with Gasteiger partial charge in [0.05, 0.1) is 0 Å². The second-order valence-electron chi connectivity index (χ2n) is 3.52. The lowest BCUT2D eigenvalue weighted by Gasteiger charge is -2.05. The van der Waals surface area contributed by atoms with E-state index in [9.17, 15) is 13.6 Å². The molecular weight excluding hydrogens is 246 g/mol. The fourth-order valence-electron chi connectivity index (χ4n) is 1.55. The van der Waals surface area contributed by atoms with Crippen LogP contribution in [0.25, 0.3) is 11.1 Å². The Labute approximate surface area is 102 Å². The lowest BCUT2D eigenvalue weighted by molar-refractivity contribution is 0.112. The molecule has 0 radical (unpaired) electrons. The topological polar surface area (TPSA) is 17.1 Å². The Morgan fingerprint density at radius 2 is 1.65 bits per heavy atom. The van der Waals surface area contributed by atoms with Gasteiger partial charge in [0.15, 0.2) is 0 Å². The molecule has 0 atom stereocenters. The van der Waals surface area contributed by atoms with Crippen LogP contribution in [0.1, 0.15) is 10.4 Å². The lowest BCUT2D eigenvalue weighted by Crippen LogP contribution is -1.87. The second-order valence-corrected chi connectivity index (χ2v) is 3.92. The van der Waals surface area contributed by atoms with Crippen LogP contribution in [-0.2, 0) is 0 Å². The van der Waals surface area contributed by atoms with E-state index in [-0.39, 0.29) is 5.02 Å². The third-order valence-corrected chi connectivity index (χ3v) is 2.62. The minimum absolute atomic E-state index is 0.277. The zero-order valence-electron chi connectivity index (χ0n) is 8.58. The van der Waals surface area contributed by atoms with E-state index >= 15 is 0 Å². The normalized spacial score (nSPS) is 10.3. The van der Waals surface area contributed by atoms with Gasteiger partial charge in [-0.3, -0.25) is 4.79 Å². The van der Waals surface area contributed by atoms with Gasteiger partial charge in [-0.25, -0.2) is 8.78 Å². The molecule has 0 spiro atoms. The van der Waals surface area contributed by atoms with Crippen molar-refractivity contribution < 1.29 is 13.6 Å². The van der Waals surface area contributed by atoms with Crippen molar-refractivity contribution in [1.82, 2.24) is 0 Å². The molecule has 2 aromatic rings. The van der Waals surface area contributed by atoms with Gasteiger partial charge in [0, 0.05) is 22.2 Å². The van der Waals surface area contributed by atoms with Crippen LogP contribution in [0, 0.1) is 11.6 Å². The summed E-state index contributed by atoms with van der Waals surface area (Å²) in [6, 6.07) is 7.71. The third kappa shape index (κ3) is 2.50. The molecule has 4 heteroatoms. The maximum Gasteiger partial charge on any atom is 0.150 e. The molecule has 0 N–H and O–H groups in total. The lowest BCUT2D eigenvalue weighted by atomic mass is 10.0. The Bertz CT molecular complexity index is 561. The Kier molecular flexibility index (Phi) is 3.20. The summed E-state index contributed by atoms with van der Waals surface area (Å²) in [7, 11) is 0. The van der Waals surface area contributed by atoms with Crippen LogP contribution in [0.15, 0.2) is 36.4 Å². The first kappa shape index (κ1) is 11.7. The number of aldehydes is 1. The minimum Gasteiger partial charge on any atom is -0.298 e. The monoisotopic (exact) mass is 252 g/mol. The number of halogens is 3. The highest BCUT2D eigenvalue weighted by Gasteiger charge is 2.07. The summed E-state index contributed by atoms with van der Waals surface area (Å²) >= 11 is 5.94. The zero-order chi connectivity index (χ0) is 12.4. The van der Waals surface area contributed by atoms with E-state index in [1.807, 2.05) is 0 Å². The molecule has 0 aliphatic carbocycles. The Morgan fingerprint density at radius 1 is 1.00 bits per heavy atom. The van der Waals surface area contributed by atoms with Crippen molar-refractivity contribution in [2.24, 2.45) is 0 Å². The molecule has 0 unspecified atom stereocenters. The van der Waals surface area contributed by atoms with Gasteiger partial charge in [0.25, 0.3) is 0 Å². The number of hydrogen-bond donors (Lipinski definition) is 0. The van der Waals surface area contributed by atoms with Gasteiger partial charge in [-0.2, -0.15) is 0 Å². The van der Waals surface area contributed by atoms with E-state index in [0.717, 1.165) is 6.07 Å². The second kappa shape index (κ2) is 4.63. The van der Waals surface area contributed by atoms with Crippen LogP contribution in [0.4, 0.5) is 8.78 Å². The predicted molar refractivity (Wildman–Crippen MR) is 62.2 cm³/mol. The first-order chi connectivity index (χ1) is 8.10. The highest BCUT2D eigenvalue weighted by Crippen LogP contribution is 2.29. The number of carbonyl (C=O) groups excluding carboxylic acids is 1. The van der Waals surface area contributed by atoms with Gasteiger partial charge >= 0.3 is 0 Å². The van der Waals surface area contributed by atoms with Gasteiger partial charge in [0.2, 0.25) is 0 Å². The van der Waals surface area contributed by atoms with E-state index < -0.39 is 11.6 Å². The molecule has 0 amide bonds. The van der Waals surface area contributed by atoms with E-state index in [0.29, 0.717) is 23.0 Å². The van der Waals surface area contributed by atoms with Gasteiger partial charge < -0.3 is 0 Å². The Balaban J connectivity index is 2.56. The molecule has 0 fully saturated rings. The third-order valence-electron chi connectivity index (χ3n) is 2.30. The van der Waals surface area contributed by atoms with Crippen molar-refractivity contribution in [2.45, 2.75) is 0 Å². The average molecular weight is 253 g/mol. The molecule has 2 aromatic carbocycles. The molecule has 17 heavy (non-hydrogen) atoms. The molecule has 2 rings (SSSR count). The van der Waals surface area contributed by atoms with Crippen LogP contribution < -0.4 is 0 Å². The van der Waals surface area contributed by atoms with E-state index in [2.05, 4.69) is 0 Å². The first-order valence-corrected chi connectivity index (χ1v) is 5.19. The van der Waals surface area contributed by atoms with Crippen molar-refractivity contribution in [3.05, 3.63) is 58.6 Å². The Hall–Kier alpha value is -1.74. The van der Waals surface area contributed by atoms with Gasteiger partial charge in [0.1, 0.15) is 17.9 Å². The van der Waals surface area contributed by atoms with Crippen molar-refractivity contribution in [1.29, 1.82) is 0 Å². The molecule has 0 bridgehead atoms. The molecule has 0 aliphatic rings. The molecule has 1 nitrogen and oxygen atoms in total. The number of hydrogen-bond acceptors (Lipinski definition) is 1. The SMILES string of the molecule is O=Cc1ccc(-c2cc(F)cc(F)c2)c(Cl)c1. The maximum absolute atomic E-state index is 13.1. The van der Waals surface area contributed by atoms with Gasteiger partial charge in [-0.15, -0.1) is 0 Å². The number of benzene rings is 2. The minimum atomic E-state index is -0.671. The highest BCUT2D eigenvalue weighted by atomic mass is 35.5. The highest BCUT2D eigenvalue weighted by molar-refractivity contribution is 6.33. The van der Waals surface area contributed by atoms with Gasteiger partial charge in [-0.05, 0) is 23.8 Å². The number of carbonyl (C=O) groups is 1. The van der Waals surface area contributed by atoms with Crippen molar-refractivity contribution in [3.63, 3.8) is 0 Å². The van der Waals surface area contributed by atoms with Crippen molar-refractivity contribution >= 4 is 17.9 Å². The quantitative estimate of drug-likeness (QED) is 0.736. The summed E-state index contributed by atoms with van der Waals surface area (Å²) in [6.07, 6.45) is 0.655. The fraction of sp³-hybridized carbons (Fsp3) is 0. The van der Waals surface area contributed by atoms with E-state index in [4.69, 9.17) is 11.6 Å². The standard InChI is InChI=1S/C13H7ClF2O/c14-13-3-8(7-17)1-2-12(13)9-4-10(15)6-11(16)5-9/h1-7H. The molecule has 86 valence electrons. The zero-order valence-corrected chi connectivity index (χ0v) is 9.34. The summed E-state index contributed by atoms with van der Waals surface area (Å²) < 4.78 is 26.1.